The van der Waals surface area contributed by atoms with E-state index < -0.39 is 21.7 Å². The van der Waals surface area contributed by atoms with Crippen LogP contribution in [0, 0.1) is 20.2 Å². The zero-order chi connectivity index (χ0) is 27.7. The van der Waals surface area contributed by atoms with Crippen LogP contribution in [-0.4, -0.2) is 59.7 Å². The molecule has 0 aliphatic heterocycles. The van der Waals surface area contributed by atoms with E-state index in [0.29, 0.717) is 17.4 Å². The van der Waals surface area contributed by atoms with Crippen LogP contribution in [-0.2, 0) is 6.61 Å². The maximum Gasteiger partial charge on any atom is 0.282 e. The van der Waals surface area contributed by atoms with Crippen molar-refractivity contribution < 1.29 is 24.2 Å². The molecule has 37 heavy (non-hydrogen) atoms. The molecular formula is C25H25ClN4O7. The molecule has 0 heterocycles. The summed E-state index contributed by atoms with van der Waals surface area (Å²) in [6, 6.07) is 17.6. The van der Waals surface area contributed by atoms with E-state index in [1.807, 2.05) is 30.3 Å². The van der Waals surface area contributed by atoms with Crippen LogP contribution in [0.25, 0.3) is 0 Å². The molecule has 0 aromatic heterocycles. The lowest BCUT2D eigenvalue weighted by Gasteiger charge is -2.12. The van der Waals surface area contributed by atoms with E-state index in [1.54, 1.807) is 14.1 Å². The van der Waals surface area contributed by atoms with E-state index in [4.69, 9.17) is 16.3 Å². The number of carbonyl (C=O) groups is 2. The molecule has 0 aliphatic rings. The normalized spacial score (nSPS) is 9.97. The van der Waals surface area contributed by atoms with Crippen LogP contribution in [0.1, 0.15) is 26.3 Å². The maximum absolute atomic E-state index is 12.1. The molecule has 3 aromatic carbocycles. The summed E-state index contributed by atoms with van der Waals surface area (Å²) in [5, 5.41) is 22.0. The Morgan fingerprint density at radius 3 is 1.76 bits per heavy atom. The molecular weight excluding hydrogens is 504 g/mol. The van der Waals surface area contributed by atoms with E-state index in [9.17, 15) is 29.8 Å². The molecule has 0 bridgehead atoms. The Bertz CT molecular complexity index is 1300. The van der Waals surface area contributed by atoms with Gasteiger partial charge in [0.05, 0.1) is 9.85 Å². The molecule has 11 nitrogen and oxygen atoms in total. The molecule has 0 N–H and O–H groups in total. The van der Waals surface area contributed by atoms with Gasteiger partial charge in [0.25, 0.3) is 23.2 Å². The molecule has 0 spiro atoms. The first-order valence-corrected chi connectivity index (χ1v) is 11.1. The van der Waals surface area contributed by atoms with Crippen molar-refractivity contribution in [3.63, 3.8) is 0 Å². The SMILES string of the molecule is CN(C)C(=O)c1cc(Cl)ccc1[N+](=O)[O-].CN(C)C(=O)c1cc(OCc2ccccc2)ccc1[N+](=O)[O-]. The molecule has 0 saturated carbocycles. The van der Waals surface area contributed by atoms with Crippen molar-refractivity contribution in [3.05, 3.63) is 109 Å². The first kappa shape index (κ1) is 28.7. The van der Waals surface area contributed by atoms with Gasteiger partial charge in [-0.25, -0.2) is 0 Å². The van der Waals surface area contributed by atoms with Gasteiger partial charge in [-0.05, 0) is 29.8 Å². The fraction of sp³-hybridized carbons (Fsp3) is 0.200. The lowest BCUT2D eigenvalue weighted by Crippen LogP contribution is -2.22. The highest BCUT2D eigenvalue weighted by Crippen LogP contribution is 2.26. The minimum Gasteiger partial charge on any atom is -0.489 e. The monoisotopic (exact) mass is 528 g/mol. The van der Waals surface area contributed by atoms with Gasteiger partial charge in [0.1, 0.15) is 23.5 Å². The minimum atomic E-state index is -0.604. The van der Waals surface area contributed by atoms with Crippen molar-refractivity contribution in [2.45, 2.75) is 6.61 Å². The minimum absolute atomic E-state index is 0.00231. The highest BCUT2D eigenvalue weighted by atomic mass is 35.5. The van der Waals surface area contributed by atoms with Gasteiger partial charge in [0, 0.05) is 45.3 Å². The second-order valence-electron chi connectivity index (χ2n) is 8.03. The molecule has 0 radical (unpaired) electrons. The first-order valence-electron chi connectivity index (χ1n) is 10.7. The van der Waals surface area contributed by atoms with Crippen molar-refractivity contribution in [2.75, 3.05) is 28.2 Å². The van der Waals surface area contributed by atoms with Crippen LogP contribution in [0.5, 0.6) is 5.75 Å². The Kier molecular flexibility index (Phi) is 10.1. The Labute approximate surface area is 218 Å². The molecule has 0 unspecified atom stereocenters. The molecule has 0 aliphatic carbocycles. The quantitative estimate of drug-likeness (QED) is 0.316. The standard InChI is InChI=1S/C16H16N2O4.C9H9ClN2O3/c1-17(2)16(19)14-10-13(8-9-15(14)18(20)21)22-11-12-6-4-3-5-7-12;1-11(2)9(13)7-5-6(10)3-4-8(7)12(14)15/h3-10H,11H2,1-2H3;3-5H,1-2H3. The molecule has 0 atom stereocenters. The smallest absolute Gasteiger partial charge is 0.282 e. The number of amides is 2. The second kappa shape index (κ2) is 13.0. The van der Waals surface area contributed by atoms with Gasteiger partial charge in [-0.1, -0.05) is 41.9 Å². The molecule has 2 amide bonds. The van der Waals surface area contributed by atoms with Crippen molar-refractivity contribution in [1.82, 2.24) is 9.80 Å². The third-order valence-electron chi connectivity index (χ3n) is 4.84. The Balaban J connectivity index is 0.000000281. The number of ether oxygens (including phenoxy) is 1. The lowest BCUT2D eigenvalue weighted by molar-refractivity contribution is -0.385. The van der Waals surface area contributed by atoms with Crippen molar-refractivity contribution in [3.8, 4) is 5.75 Å². The zero-order valence-corrected chi connectivity index (χ0v) is 21.3. The summed E-state index contributed by atoms with van der Waals surface area (Å²) in [4.78, 5) is 46.7. The number of carbonyl (C=O) groups excluding carboxylic acids is 2. The third kappa shape index (κ3) is 8.00. The van der Waals surface area contributed by atoms with Crippen LogP contribution in [0.4, 0.5) is 11.4 Å². The predicted molar refractivity (Wildman–Crippen MR) is 138 cm³/mol. The predicted octanol–water partition coefficient (Wildman–Crippen LogP) is 4.83. The number of nitro benzene ring substituents is 2. The van der Waals surface area contributed by atoms with Crippen LogP contribution in [0.2, 0.25) is 5.02 Å². The van der Waals surface area contributed by atoms with Crippen LogP contribution in [0.3, 0.4) is 0 Å². The summed E-state index contributed by atoms with van der Waals surface area (Å²) >= 11 is 5.68. The van der Waals surface area contributed by atoms with E-state index >= 15 is 0 Å². The summed E-state index contributed by atoms with van der Waals surface area (Å²) in [5.74, 6) is -0.458. The van der Waals surface area contributed by atoms with Gasteiger partial charge in [0.15, 0.2) is 0 Å². The van der Waals surface area contributed by atoms with Crippen LogP contribution in [0.15, 0.2) is 66.7 Å². The second-order valence-corrected chi connectivity index (χ2v) is 8.46. The van der Waals surface area contributed by atoms with Gasteiger partial charge in [-0.2, -0.15) is 0 Å². The number of hydrogen-bond acceptors (Lipinski definition) is 7. The summed E-state index contributed by atoms with van der Waals surface area (Å²) in [5.41, 5.74) is 0.517. The highest BCUT2D eigenvalue weighted by molar-refractivity contribution is 6.31. The summed E-state index contributed by atoms with van der Waals surface area (Å²) < 4.78 is 5.60. The largest absolute Gasteiger partial charge is 0.489 e. The number of rotatable bonds is 7. The average molecular weight is 529 g/mol. The van der Waals surface area contributed by atoms with Crippen LogP contribution >= 0.6 is 11.6 Å². The fourth-order valence-electron chi connectivity index (χ4n) is 3.00. The van der Waals surface area contributed by atoms with Crippen LogP contribution < -0.4 is 4.74 Å². The molecule has 194 valence electrons. The average Bonchev–Trinajstić information content (AvgIpc) is 2.86. The van der Waals surface area contributed by atoms with Crippen molar-refractivity contribution in [2.24, 2.45) is 0 Å². The van der Waals surface area contributed by atoms with Gasteiger partial charge in [0.2, 0.25) is 0 Å². The summed E-state index contributed by atoms with van der Waals surface area (Å²) in [6.45, 7) is 0.328. The van der Waals surface area contributed by atoms with Gasteiger partial charge in [-0.15, -0.1) is 0 Å². The molecule has 0 fully saturated rings. The zero-order valence-electron chi connectivity index (χ0n) is 20.6. The number of nitrogens with zero attached hydrogens (tertiary/aromatic N) is 4. The van der Waals surface area contributed by atoms with E-state index in [0.717, 1.165) is 5.56 Å². The Morgan fingerprint density at radius 2 is 1.27 bits per heavy atom. The summed E-state index contributed by atoms with van der Waals surface area (Å²) in [7, 11) is 6.13. The van der Waals surface area contributed by atoms with E-state index in [1.165, 1.54) is 60.3 Å². The Morgan fingerprint density at radius 1 is 0.784 bits per heavy atom. The van der Waals surface area contributed by atoms with Gasteiger partial charge >= 0.3 is 0 Å². The number of benzene rings is 3. The number of hydrogen-bond donors (Lipinski definition) is 0. The first-order chi connectivity index (χ1) is 17.4. The van der Waals surface area contributed by atoms with E-state index in [2.05, 4.69) is 0 Å². The highest BCUT2D eigenvalue weighted by Gasteiger charge is 2.23. The number of nitro groups is 2. The van der Waals surface area contributed by atoms with Crippen molar-refractivity contribution >= 4 is 34.8 Å². The van der Waals surface area contributed by atoms with Crippen molar-refractivity contribution in [1.29, 1.82) is 0 Å². The fourth-order valence-corrected chi connectivity index (χ4v) is 3.17. The van der Waals surface area contributed by atoms with Gasteiger partial charge in [-0.3, -0.25) is 29.8 Å². The maximum atomic E-state index is 12.1. The van der Waals surface area contributed by atoms with Gasteiger partial charge < -0.3 is 14.5 Å². The third-order valence-corrected chi connectivity index (χ3v) is 5.08. The van der Waals surface area contributed by atoms with E-state index in [-0.39, 0.29) is 22.5 Å². The number of halogens is 1. The molecule has 3 aromatic rings. The lowest BCUT2D eigenvalue weighted by atomic mass is 10.1. The Hall–Kier alpha value is -4.51. The topological polar surface area (TPSA) is 136 Å². The molecule has 0 saturated heterocycles. The summed E-state index contributed by atoms with van der Waals surface area (Å²) in [6.07, 6.45) is 0. The molecule has 12 heteroatoms. The molecule has 3 rings (SSSR count).